The van der Waals surface area contributed by atoms with Gasteiger partial charge in [-0.3, -0.25) is 4.79 Å². The van der Waals surface area contributed by atoms with Gasteiger partial charge < -0.3 is 14.5 Å². The fourth-order valence-corrected chi connectivity index (χ4v) is 3.46. The summed E-state index contributed by atoms with van der Waals surface area (Å²) >= 11 is 3.19. The zero-order valence-electron chi connectivity index (χ0n) is 16.7. The molecule has 32 heavy (non-hydrogen) atoms. The standard InChI is InChI=1S/C24H17BrN4O3/c25-23-13-12-22(32-23)24(30)26-17-6-11-20-21(14-17)28-29(27-20)18-7-9-19(10-8-18)31-15-16-4-2-1-3-5-16/h1-14H,15H2,(H,26,30). The smallest absolute Gasteiger partial charge is 0.291 e. The fraction of sp³-hybridized carbons (Fsp3) is 0.0417. The second-order valence-electron chi connectivity index (χ2n) is 7.02. The number of fused-ring (bicyclic) bond motifs is 1. The maximum absolute atomic E-state index is 12.3. The van der Waals surface area contributed by atoms with Crippen molar-refractivity contribution in [2.45, 2.75) is 6.61 Å². The van der Waals surface area contributed by atoms with E-state index in [2.05, 4.69) is 31.4 Å². The van der Waals surface area contributed by atoms with Gasteiger partial charge >= 0.3 is 0 Å². The maximum Gasteiger partial charge on any atom is 0.291 e. The summed E-state index contributed by atoms with van der Waals surface area (Å²) < 4.78 is 11.6. The molecule has 0 bridgehead atoms. The number of halogens is 1. The predicted octanol–water partition coefficient (Wildman–Crippen LogP) is 5.61. The van der Waals surface area contributed by atoms with Crippen molar-refractivity contribution in [2.24, 2.45) is 0 Å². The first-order chi connectivity index (χ1) is 15.6. The van der Waals surface area contributed by atoms with Gasteiger partial charge in [-0.1, -0.05) is 30.3 Å². The Bertz CT molecular complexity index is 1380. The summed E-state index contributed by atoms with van der Waals surface area (Å²) in [5.41, 5.74) is 3.89. The van der Waals surface area contributed by atoms with Crippen molar-refractivity contribution in [3.05, 3.63) is 101 Å². The summed E-state index contributed by atoms with van der Waals surface area (Å²) in [6, 6.07) is 26.2. The van der Waals surface area contributed by atoms with Crippen LogP contribution >= 0.6 is 15.9 Å². The summed E-state index contributed by atoms with van der Waals surface area (Å²) in [5.74, 6) is 0.646. The molecular formula is C24H17BrN4O3. The Balaban J connectivity index is 1.29. The number of aromatic nitrogens is 3. The molecule has 0 aliphatic heterocycles. The Labute approximate surface area is 191 Å². The third kappa shape index (κ3) is 4.40. The van der Waals surface area contributed by atoms with E-state index in [9.17, 15) is 4.79 Å². The van der Waals surface area contributed by atoms with E-state index in [1.807, 2.05) is 60.7 Å². The van der Waals surface area contributed by atoms with E-state index in [-0.39, 0.29) is 11.7 Å². The number of nitrogens with zero attached hydrogens (tertiary/aromatic N) is 3. The molecule has 2 heterocycles. The topological polar surface area (TPSA) is 82.2 Å². The molecule has 7 nitrogen and oxygen atoms in total. The molecule has 0 saturated heterocycles. The van der Waals surface area contributed by atoms with Crippen LogP contribution in [0.15, 0.2) is 94.0 Å². The molecule has 0 spiro atoms. The molecule has 0 radical (unpaired) electrons. The highest BCUT2D eigenvalue weighted by molar-refractivity contribution is 9.10. The zero-order chi connectivity index (χ0) is 21.9. The van der Waals surface area contributed by atoms with Crippen LogP contribution in [0.5, 0.6) is 5.75 Å². The molecule has 0 unspecified atom stereocenters. The van der Waals surface area contributed by atoms with Gasteiger partial charge in [-0.25, -0.2) is 0 Å². The van der Waals surface area contributed by atoms with Gasteiger partial charge in [0.2, 0.25) is 0 Å². The number of ether oxygens (including phenoxy) is 1. The van der Waals surface area contributed by atoms with Crippen molar-refractivity contribution < 1.29 is 13.9 Å². The first-order valence-corrected chi connectivity index (χ1v) is 10.6. The number of benzene rings is 3. The van der Waals surface area contributed by atoms with E-state index >= 15 is 0 Å². The number of nitrogens with one attached hydrogen (secondary N) is 1. The van der Waals surface area contributed by atoms with Crippen LogP contribution in [-0.4, -0.2) is 20.9 Å². The minimum Gasteiger partial charge on any atom is -0.489 e. The third-order valence-electron chi connectivity index (χ3n) is 4.75. The van der Waals surface area contributed by atoms with E-state index in [1.54, 1.807) is 29.1 Å². The summed E-state index contributed by atoms with van der Waals surface area (Å²) in [6.07, 6.45) is 0. The zero-order valence-corrected chi connectivity index (χ0v) is 18.3. The lowest BCUT2D eigenvalue weighted by Crippen LogP contribution is -2.10. The molecule has 0 aliphatic carbocycles. The molecular weight excluding hydrogens is 472 g/mol. The highest BCUT2D eigenvalue weighted by atomic mass is 79.9. The van der Waals surface area contributed by atoms with Crippen LogP contribution in [0.1, 0.15) is 16.1 Å². The minimum atomic E-state index is -0.339. The SMILES string of the molecule is O=C(Nc1ccc2nn(-c3ccc(OCc4ccccc4)cc3)nc2c1)c1ccc(Br)o1. The first kappa shape index (κ1) is 20.0. The Morgan fingerprint density at radius 1 is 0.938 bits per heavy atom. The van der Waals surface area contributed by atoms with E-state index in [0.29, 0.717) is 28.0 Å². The van der Waals surface area contributed by atoms with E-state index < -0.39 is 0 Å². The van der Waals surface area contributed by atoms with Gasteiger partial charge in [0.05, 0.1) is 5.69 Å². The second kappa shape index (κ2) is 8.68. The number of furan rings is 1. The molecule has 1 amide bonds. The molecule has 5 rings (SSSR count). The summed E-state index contributed by atoms with van der Waals surface area (Å²) in [5, 5.41) is 11.8. The maximum atomic E-state index is 12.3. The van der Waals surface area contributed by atoms with E-state index in [0.717, 1.165) is 17.0 Å². The Hall–Kier alpha value is -3.91. The molecule has 1 N–H and O–H groups in total. The lowest BCUT2D eigenvalue weighted by molar-refractivity contribution is 0.0995. The number of carbonyl (C=O) groups is 1. The number of carbonyl (C=O) groups excluding carboxylic acids is 1. The molecule has 0 fully saturated rings. The number of rotatable bonds is 6. The van der Waals surface area contributed by atoms with Gasteiger partial charge in [0, 0.05) is 5.69 Å². The lowest BCUT2D eigenvalue weighted by atomic mass is 10.2. The van der Waals surface area contributed by atoms with Crippen molar-refractivity contribution in [1.82, 2.24) is 15.0 Å². The third-order valence-corrected chi connectivity index (χ3v) is 5.18. The van der Waals surface area contributed by atoms with E-state index in [4.69, 9.17) is 9.15 Å². The van der Waals surface area contributed by atoms with Crippen molar-refractivity contribution >= 4 is 38.6 Å². The fourth-order valence-electron chi connectivity index (χ4n) is 3.15. The van der Waals surface area contributed by atoms with Crippen molar-refractivity contribution in [2.75, 3.05) is 5.32 Å². The van der Waals surface area contributed by atoms with Gasteiger partial charge in [-0.2, -0.15) is 4.80 Å². The highest BCUT2D eigenvalue weighted by Gasteiger charge is 2.12. The molecule has 2 aromatic heterocycles. The minimum absolute atomic E-state index is 0.218. The van der Waals surface area contributed by atoms with Crippen LogP contribution in [0.2, 0.25) is 0 Å². The average Bonchev–Trinajstić information content (AvgIpc) is 3.45. The van der Waals surface area contributed by atoms with Crippen LogP contribution in [0.25, 0.3) is 16.7 Å². The summed E-state index contributed by atoms with van der Waals surface area (Å²) in [6.45, 7) is 0.507. The highest BCUT2D eigenvalue weighted by Crippen LogP contribution is 2.21. The Morgan fingerprint density at radius 2 is 1.72 bits per heavy atom. The van der Waals surface area contributed by atoms with Crippen molar-refractivity contribution in [3.63, 3.8) is 0 Å². The lowest BCUT2D eigenvalue weighted by Gasteiger charge is -2.07. The monoisotopic (exact) mass is 488 g/mol. The van der Waals surface area contributed by atoms with Crippen LogP contribution in [0.4, 0.5) is 5.69 Å². The number of hydrogen-bond donors (Lipinski definition) is 1. The van der Waals surface area contributed by atoms with Crippen molar-refractivity contribution in [1.29, 1.82) is 0 Å². The number of anilines is 1. The van der Waals surface area contributed by atoms with Gasteiger partial charge in [-0.15, -0.1) is 10.2 Å². The molecule has 0 aliphatic rings. The van der Waals surface area contributed by atoms with Gasteiger partial charge in [-0.05, 0) is 76.1 Å². The molecule has 0 atom stereocenters. The first-order valence-electron chi connectivity index (χ1n) is 9.85. The number of amides is 1. The van der Waals surface area contributed by atoms with Crippen molar-refractivity contribution in [3.8, 4) is 11.4 Å². The molecule has 3 aromatic carbocycles. The molecule has 158 valence electrons. The van der Waals surface area contributed by atoms with Crippen LogP contribution < -0.4 is 10.1 Å². The quantitative estimate of drug-likeness (QED) is 0.336. The largest absolute Gasteiger partial charge is 0.489 e. The normalized spacial score (nSPS) is 10.9. The second-order valence-corrected chi connectivity index (χ2v) is 7.80. The predicted molar refractivity (Wildman–Crippen MR) is 124 cm³/mol. The average molecular weight is 489 g/mol. The van der Waals surface area contributed by atoms with Crippen LogP contribution in [0.3, 0.4) is 0 Å². The Morgan fingerprint density at radius 3 is 2.47 bits per heavy atom. The Kier molecular flexibility index (Phi) is 5.43. The van der Waals surface area contributed by atoms with E-state index in [1.165, 1.54) is 0 Å². The molecule has 0 saturated carbocycles. The summed E-state index contributed by atoms with van der Waals surface area (Å²) in [7, 11) is 0. The summed E-state index contributed by atoms with van der Waals surface area (Å²) in [4.78, 5) is 13.8. The van der Waals surface area contributed by atoms with Gasteiger partial charge in [0.1, 0.15) is 23.4 Å². The van der Waals surface area contributed by atoms with Gasteiger partial charge in [0.15, 0.2) is 10.4 Å². The van der Waals surface area contributed by atoms with Crippen LogP contribution in [-0.2, 0) is 6.61 Å². The van der Waals surface area contributed by atoms with Gasteiger partial charge in [0.25, 0.3) is 5.91 Å². The number of hydrogen-bond acceptors (Lipinski definition) is 5. The molecule has 5 aromatic rings. The molecule has 8 heteroatoms. The van der Waals surface area contributed by atoms with Crippen LogP contribution in [0, 0.1) is 0 Å².